The molecule has 0 amide bonds. The van der Waals surface area contributed by atoms with E-state index in [0.29, 0.717) is 24.4 Å². The van der Waals surface area contributed by atoms with Gasteiger partial charge in [0.05, 0.1) is 20.4 Å². The van der Waals surface area contributed by atoms with Crippen molar-refractivity contribution >= 4 is 0 Å². The van der Waals surface area contributed by atoms with Crippen LogP contribution in [0.3, 0.4) is 0 Å². The molecule has 0 saturated heterocycles. The molecule has 1 unspecified atom stereocenters. The van der Waals surface area contributed by atoms with Crippen LogP contribution in [0.25, 0.3) is 0 Å². The molecule has 0 saturated carbocycles. The lowest BCUT2D eigenvalue weighted by atomic mass is 10.1. The molecule has 20 heavy (non-hydrogen) atoms. The fourth-order valence-electron chi connectivity index (χ4n) is 1.83. The zero-order chi connectivity index (χ0) is 14.4. The second-order valence-electron chi connectivity index (χ2n) is 4.22. The summed E-state index contributed by atoms with van der Waals surface area (Å²) in [6.45, 7) is 0. The Morgan fingerprint density at radius 2 is 2.10 bits per heavy atom. The summed E-state index contributed by atoms with van der Waals surface area (Å²) < 4.78 is 10.1. The van der Waals surface area contributed by atoms with Crippen LogP contribution < -0.4 is 9.47 Å². The van der Waals surface area contributed by atoms with Crippen LogP contribution >= 0.6 is 0 Å². The van der Waals surface area contributed by atoms with Crippen LogP contribution in [0.15, 0.2) is 30.7 Å². The van der Waals surface area contributed by atoms with Crippen molar-refractivity contribution in [2.45, 2.75) is 18.9 Å². The molecule has 2 aromatic rings. The maximum absolute atomic E-state index is 10.2. The number of rotatable bonds is 6. The summed E-state index contributed by atoms with van der Waals surface area (Å²) in [7, 11) is 2.99. The highest BCUT2D eigenvalue weighted by atomic mass is 16.5. The third kappa shape index (κ3) is 3.42. The summed E-state index contributed by atoms with van der Waals surface area (Å²) in [6.07, 6.45) is 5.44. The molecule has 1 N–H and O–H groups in total. The Hall–Kier alpha value is -2.21. The molecule has 0 fully saturated rings. The molecule has 0 aromatic carbocycles. The summed E-state index contributed by atoms with van der Waals surface area (Å²) in [4.78, 5) is 12.3. The maximum Gasteiger partial charge on any atom is 0.241 e. The van der Waals surface area contributed by atoms with Gasteiger partial charge in [0, 0.05) is 12.4 Å². The first kappa shape index (κ1) is 14.2. The molecule has 0 radical (unpaired) electrons. The Labute approximate surface area is 117 Å². The second-order valence-corrected chi connectivity index (χ2v) is 4.22. The predicted molar refractivity (Wildman–Crippen MR) is 72.7 cm³/mol. The Morgan fingerprint density at radius 1 is 1.25 bits per heavy atom. The Morgan fingerprint density at radius 3 is 2.75 bits per heavy atom. The van der Waals surface area contributed by atoms with Crippen molar-refractivity contribution < 1.29 is 14.6 Å². The number of nitrogens with zero attached hydrogens (tertiary/aromatic N) is 3. The third-order valence-corrected chi connectivity index (χ3v) is 2.89. The lowest BCUT2D eigenvalue weighted by molar-refractivity contribution is 0.157. The molecule has 0 bridgehead atoms. The van der Waals surface area contributed by atoms with E-state index < -0.39 is 6.10 Å². The Kier molecular flexibility index (Phi) is 4.84. The molecular weight excluding hydrogens is 258 g/mol. The molecule has 106 valence electrons. The van der Waals surface area contributed by atoms with Crippen molar-refractivity contribution in [2.24, 2.45) is 0 Å². The van der Waals surface area contributed by atoms with Crippen LogP contribution in [0.1, 0.15) is 23.8 Å². The summed E-state index contributed by atoms with van der Waals surface area (Å²) >= 11 is 0. The number of aryl methyl sites for hydroxylation is 1. The Bertz CT molecular complexity index is 549. The van der Waals surface area contributed by atoms with Crippen molar-refractivity contribution in [1.29, 1.82) is 0 Å². The monoisotopic (exact) mass is 275 g/mol. The van der Waals surface area contributed by atoms with E-state index in [1.54, 1.807) is 12.4 Å². The van der Waals surface area contributed by atoms with Crippen LogP contribution in [-0.4, -0.2) is 34.3 Å². The van der Waals surface area contributed by atoms with Crippen LogP contribution in [-0.2, 0) is 6.42 Å². The molecule has 6 nitrogen and oxygen atoms in total. The number of aromatic nitrogens is 3. The van der Waals surface area contributed by atoms with Crippen molar-refractivity contribution in [3.63, 3.8) is 0 Å². The van der Waals surface area contributed by atoms with Gasteiger partial charge in [-0.25, -0.2) is 4.98 Å². The molecule has 2 aromatic heterocycles. The highest BCUT2D eigenvalue weighted by Crippen LogP contribution is 2.26. The fraction of sp³-hybridized carbons (Fsp3) is 0.357. The standard InChI is InChI=1S/C14H17N3O3/c1-19-12-9-16-13(14(17-12)20-2)11(18)6-5-10-4-3-7-15-8-10/h3-4,7-9,11,18H,5-6H2,1-2H3. The second kappa shape index (κ2) is 6.81. The van der Waals surface area contributed by atoms with E-state index in [2.05, 4.69) is 15.0 Å². The van der Waals surface area contributed by atoms with E-state index in [-0.39, 0.29) is 5.88 Å². The number of aliphatic hydroxyl groups is 1. The highest BCUT2D eigenvalue weighted by molar-refractivity contribution is 5.25. The van der Waals surface area contributed by atoms with Gasteiger partial charge in [-0.05, 0) is 24.5 Å². The number of pyridine rings is 1. The van der Waals surface area contributed by atoms with Gasteiger partial charge >= 0.3 is 0 Å². The van der Waals surface area contributed by atoms with Gasteiger partial charge in [-0.1, -0.05) is 6.07 Å². The zero-order valence-electron chi connectivity index (χ0n) is 11.5. The van der Waals surface area contributed by atoms with Gasteiger partial charge in [-0.2, -0.15) is 4.98 Å². The number of ether oxygens (including phenoxy) is 2. The van der Waals surface area contributed by atoms with E-state index >= 15 is 0 Å². The fourth-order valence-corrected chi connectivity index (χ4v) is 1.83. The molecule has 0 aliphatic heterocycles. The van der Waals surface area contributed by atoms with E-state index in [1.165, 1.54) is 20.4 Å². The minimum Gasteiger partial charge on any atom is -0.480 e. The molecule has 0 aliphatic rings. The molecule has 2 rings (SSSR count). The van der Waals surface area contributed by atoms with Gasteiger partial charge in [0.15, 0.2) is 0 Å². The average molecular weight is 275 g/mol. The lowest BCUT2D eigenvalue weighted by Gasteiger charge is -2.13. The minimum absolute atomic E-state index is 0.281. The number of hydrogen-bond acceptors (Lipinski definition) is 6. The van der Waals surface area contributed by atoms with Gasteiger partial charge < -0.3 is 14.6 Å². The summed E-state index contributed by atoms with van der Waals surface area (Å²) in [5, 5.41) is 10.2. The van der Waals surface area contributed by atoms with E-state index in [4.69, 9.17) is 9.47 Å². The predicted octanol–water partition coefficient (Wildman–Crippen LogP) is 1.55. The third-order valence-electron chi connectivity index (χ3n) is 2.89. The quantitative estimate of drug-likeness (QED) is 0.862. The van der Waals surface area contributed by atoms with Gasteiger partial charge in [-0.3, -0.25) is 4.98 Å². The Balaban J connectivity index is 2.07. The number of hydrogen-bond donors (Lipinski definition) is 1. The molecule has 0 aliphatic carbocycles. The van der Waals surface area contributed by atoms with E-state index in [0.717, 1.165) is 5.56 Å². The van der Waals surface area contributed by atoms with E-state index in [9.17, 15) is 5.11 Å². The minimum atomic E-state index is -0.747. The smallest absolute Gasteiger partial charge is 0.241 e. The van der Waals surface area contributed by atoms with Gasteiger partial charge in [0.2, 0.25) is 11.8 Å². The first-order valence-corrected chi connectivity index (χ1v) is 6.26. The molecule has 0 spiro atoms. The summed E-state index contributed by atoms with van der Waals surface area (Å²) in [6, 6.07) is 3.84. The average Bonchev–Trinajstić information content (AvgIpc) is 2.52. The maximum atomic E-state index is 10.2. The van der Waals surface area contributed by atoms with Gasteiger partial charge in [-0.15, -0.1) is 0 Å². The van der Waals surface area contributed by atoms with Crippen LogP contribution in [0, 0.1) is 0 Å². The summed E-state index contributed by atoms with van der Waals surface area (Å²) in [5.41, 5.74) is 1.48. The number of aliphatic hydroxyl groups excluding tert-OH is 1. The van der Waals surface area contributed by atoms with Crippen molar-refractivity contribution in [2.75, 3.05) is 14.2 Å². The topological polar surface area (TPSA) is 77.4 Å². The molecule has 2 heterocycles. The zero-order valence-corrected chi connectivity index (χ0v) is 11.5. The highest BCUT2D eigenvalue weighted by Gasteiger charge is 2.17. The largest absolute Gasteiger partial charge is 0.480 e. The van der Waals surface area contributed by atoms with E-state index in [1.807, 2.05) is 12.1 Å². The SMILES string of the molecule is COc1cnc(C(O)CCc2cccnc2)c(OC)n1. The van der Waals surface area contributed by atoms with Gasteiger partial charge in [0.25, 0.3) is 0 Å². The summed E-state index contributed by atoms with van der Waals surface area (Å²) in [5.74, 6) is 0.632. The van der Waals surface area contributed by atoms with Crippen LogP contribution in [0.2, 0.25) is 0 Å². The van der Waals surface area contributed by atoms with Gasteiger partial charge in [0.1, 0.15) is 11.8 Å². The molecule has 1 atom stereocenters. The first-order valence-electron chi connectivity index (χ1n) is 6.26. The van der Waals surface area contributed by atoms with Crippen molar-refractivity contribution in [3.8, 4) is 11.8 Å². The lowest BCUT2D eigenvalue weighted by Crippen LogP contribution is -2.07. The van der Waals surface area contributed by atoms with Crippen LogP contribution in [0.4, 0.5) is 0 Å². The van der Waals surface area contributed by atoms with Crippen molar-refractivity contribution in [1.82, 2.24) is 15.0 Å². The normalized spacial score (nSPS) is 11.9. The van der Waals surface area contributed by atoms with Crippen LogP contribution in [0.5, 0.6) is 11.8 Å². The van der Waals surface area contributed by atoms with Crippen molar-refractivity contribution in [3.05, 3.63) is 42.0 Å². The first-order chi connectivity index (χ1) is 9.74. The molecular formula is C14H17N3O3. The molecule has 6 heteroatoms. The number of methoxy groups -OCH3 is 2.